The molecule has 2 aromatic carbocycles. The number of carbonyl (C=O) groups is 2. The first kappa shape index (κ1) is 25.2. The van der Waals surface area contributed by atoms with Crippen LogP contribution in [0.4, 0.5) is 0 Å². The largest absolute Gasteiger partial charge is 0.504 e. The Morgan fingerprint density at radius 1 is 1.16 bits per heavy atom. The number of phenols is 1. The fourth-order valence-electron chi connectivity index (χ4n) is 7.59. The predicted molar refractivity (Wildman–Crippen MR) is 139 cm³/mol. The lowest BCUT2D eigenvalue weighted by Gasteiger charge is -2.65. The van der Waals surface area contributed by atoms with E-state index < -0.39 is 17.0 Å². The van der Waals surface area contributed by atoms with E-state index in [1.54, 1.807) is 13.2 Å². The van der Waals surface area contributed by atoms with Crippen molar-refractivity contribution >= 4 is 11.9 Å². The Labute approximate surface area is 222 Å². The topological polar surface area (TPSA) is 109 Å². The highest BCUT2D eigenvalue weighted by Crippen LogP contribution is 2.66. The van der Waals surface area contributed by atoms with Gasteiger partial charge in [0.05, 0.1) is 17.6 Å². The number of phenolic OH excluding ortho intramolecular Hbond substituents is 1. The summed E-state index contributed by atoms with van der Waals surface area (Å²) >= 11 is 0. The van der Waals surface area contributed by atoms with Gasteiger partial charge in [-0.1, -0.05) is 36.4 Å². The highest BCUT2D eigenvalue weighted by Gasteiger charge is 2.73. The SMILES string of the molecule is CO[C@@]12CCC(NCC(=O)NCC(=O)OCc3ccccc3)[C@@H]3Oc4c(O)ccc5c4[C@@]31CCN(C)C2C5. The Morgan fingerprint density at radius 3 is 2.76 bits per heavy atom. The summed E-state index contributed by atoms with van der Waals surface area (Å²) < 4.78 is 18.3. The van der Waals surface area contributed by atoms with Crippen molar-refractivity contribution in [1.29, 1.82) is 0 Å². The quantitative estimate of drug-likeness (QED) is 0.450. The lowest BCUT2D eigenvalue weighted by atomic mass is 9.48. The Hall–Kier alpha value is -3.14. The van der Waals surface area contributed by atoms with E-state index in [9.17, 15) is 14.7 Å². The molecule has 1 spiro atoms. The summed E-state index contributed by atoms with van der Waals surface area (Å²) in [4.78, 5) is 27.1. The highest BCUT2D eigenvalue weighted by molar-refractivity contribution is 5.83. The van der Waals surface area contributed by atoms with Crippen molar-refractivity contribution in [2.75, 3.05) is 33.8 Å². The van der Waals surface area contributed by atoms with Crippen molar-refractivity contribution in [1.82, 2.24) is 15.5 Å². The lowest BCUT2D eigenvalue weighted by Crippen LogP contribution is -2.78. The summed E-state index contributed by atoms with van der Waals surface area (Å²) in [5.74, 6) is -0.0517. The third-order valence-corrected chi connectivity index (χ3v) is 9.25. The molecule has 2 heterocycles. The lowest BCUT2D eigenvalue weighted by molar-refractivity contribution is -0.203. The van der Waals surface area contributed by atoms with Gasteiger partial charge in [-0.3, -0.25) is 9.59 Å². The minimum atomic E-state index is -0.485. The number of nitrogens with zero attached hydrogens (tertiary/aromatic N) is 1. The number of rotatable bonds is 8. The zero-order valence-corrected chi connectivity index (χ0v) is 21.9. The highest BCUT2D eigenvalue weighted by atomic mass is 16.5. The molecule has 202 valence electrons. The molecule has 2 fully saturated rings. The fraction of sp³-hybridized carbons (Fsp3) is 0.517. The van der Waals surface area contributed by atoms with E-state index in [0.717, 1.165) is 43.4 Å². The number of ether oxygens (including phenoxy) is 3. The first-order valence-corrected chi connectivity index (χ1v) is 13.4. The molecule has 2 aromatic rings. The minimum absolute atomic E-state index is 0.0467. The molecule has 1 saturated heterocycles. The van der Waals surface area contributed by atoms with Gasteiger partial charge in [0, 0.05) is 24.8 Å². The van der Waals surface area contributed by atoms with Crippen LogP contribution in [-0.4, -0.2) is 79.5 Å². The maximum absolute atomic E-state index is 12.6. The number of nitrogens with one attached hydrogen (secondary N) is 2. The van der Waals surface area contributed by atoms with Crippen molar-refractivity contribution in [3.05, 3.63) is 59.2 Å². The van der Waals surface area contributed by atoms with E-state index in [1.807, 2.05) is 36.4 Å². The first-order chi connectivity index (χ1) is 18.4. The average Bonchev–Trinajstić information content (AvgIpc) is 3.30. The van der Waals surface area contributed by atoms with Crippen molar-refractivity contribution in [2.24, 2.45) is 0 Å². The summed E-state index contributed by atoms with van der Waals surface area (Å²) in [6.45, 7) is 0.933. The predicted octanol–water partition coefficient (Wildman–Crippen LogP) is 1.65. The molecule has 9 heteroatoms. The molecular formula is C29H35N3O6. The monoisotopic (exact) mass is 521 g/mol. The number of benzene rings is 2. The minimum Gasteiger partial charge on any atom is -0.504 e. The molecule has 2 aliphatic carbocycles. The van der Waals surface area contributed by atoms with Gasteiger partial charge in [0.15, 0.2) is 11.5 Å². The van der Waals surface area contributed by atoms with Gasteiger partial charge in [-0.15, -0.1) is 0 Å². The van der Waals surface area contributed by atoms with E-state index in [1.165, 1.54) is 5.56 Å². The van der Waals surface area contributed by atoms with E-state index in [4.69, 9.17) is 14.2 Å². The average molecular weight is 522 g/mol. The number of amides is 1. The second-order valence-corrected chi connectivity index (χ2v) is 11.0. The molecule has 38 heavy (non-hydrogen) atoms. The van der Waals surface area contributed by atoms with Gasteiger partial charge >= 0.3 is 5.97 Å². The van der Waals surface area contributed by atoms with E-state index in [-0.39, 0.29) is 49.5 Å². The summed E-state index contributed by atoms with van der Waals surface area (Å²) in [5.41, 5.74) is 2.35. The Bertz CT molecular complexity index is 1240. The van der Waals surface area contributed by atoms with Crippen LogP contribution in [0.15, 0.2) is 42.5 Å². The van der Waals surface area contributed by atoms with E-state index >= 15 is 0 Å². The molecule has 2 bridgehead atoms. The second-order valence-electron chi connectivity index (χ2n) is 11.0. The molecule has 4 aliphatic rings. The Balaban J connectivity index is 1.14. The number of methoxy groups -OCH3 is 1. The molecule has 9 nitrogen and oxygen atoms in total. The number of piperidine rings is 1. The molecule has 2 unspecified atom stereocenters. The van der Waals surface area contributed by atoms with Crippen molar-refractivity contribution < 1.29 is 28.9 Å². The third kappa shape index (κ3) is 3.71. The third-order valence-electron chi connectivity index (χ3n) is 9.25. The zero-order valence-electron chi connectivity index (χ0n) is 21.9. The number of carbonyl (C=O) groups excluding carboxylic acids is 2. The first-order valence-electron chi connectivity index (χ1n) is 13.4. The number of likely N-dealkylation sites (N-methyl/N-ethyl adjacent to an activating group) is 1. The molecule has 0 radical (unpaired) electrons. The Morgan fingerprint density at radius 2 is 1.97 bits per heavy atom. The molecular weight excluding hydrogens is 486 g/mol. The number of hydrogen-bond donors (Lipinski definition) is 3. The molecule has 3 N–H and O–H groups in total. The van der Waals surface area contributed by atoms with E-state index in [0.29, 0.717) is 5.75 Å². The van der Waals surface area contributed by atoms with Crippen molar-refractivity contribution in [2.45, 2.75) is 61.5 Å². The molecule has 5 atom stereocenters. The standard InChI is InChI=1S/C29H35N3O6/c1-32-13-12-28-25-19-8-9-21(33)26(25)38-27(28)20(10-11-29(28,36-2)22(32)14-19)30-15-23(34)31-16-24(35)37-17-18-6-4-3-5-7-18/h3-9,20,22,27,30,33H,10-17H2,1-2H3,(H,31,34)/t20?,22?,27-,28-,29+/m0/s1. The molecule has 1 saturated carbocycles. The number of hydrogen-bond acceptors (Lipinski definition) is 8. The van der Waals surface area contributed by atoms with Crippen LogP contribution in [0.25, 0.3) is 0 Å². The van der Waals surface area contributed by atoms with Crippen LogP contribution in [0.5, 0.6) is 11.5 Å². The van der Waals surface area contributed by atoms with Gasteiger partial charge in [0.1, 0.15) is 19.3 Å². The summed E-state index contributed by atoms with van der Waals surface area (Å²) in [6, 6.07) is 13.3. The normalized spacial score (nSPS) is 30.7. The smallest absolute Gasteiger partial charge is 0.325 e. The molecule has 0 aromatic heterocycles. The van der Waals surface area contributed by atoms with Crippen LogP contribution in [0.1, 0.15) is 36.0 Å². The molecule has 6 rings (SSSR count). The van der Waals surface area contributed by atoms with Crippen LogP contribution in [0, 0.1) is 0 Å². The number of aromatic hydroxyl groups is 1. The van der Waals surface area contributed by atoms with Crippen molar-refractivity contribution in [3.8, 4) is 11.5 Å². The van der Waals surface area contributed by atoms with Gasteiger partial charge < -0.3 is 34.9 Å². The number of esters is 1. The van der Waals surface area contributed by atoms with Gasteiger partial charge in [-0.25, -0.2) is 0 Å². The fourth-order valence-corrected chi connectivity index (χ4v) is 7.59. The van der Waals surface area contributed by atoms with Gasteiger partial charge in [0.2, 0.25) is 5.91 Å². The maximum atomic E-state index is 12.6. The summed E-state index contributed by atoms with van der Waals surface area (Å²) in [7, 11) is 3.96. The van der Waals surface area contributed by atoms with Crippen LogP contribution < -0.4 is 15.4 Å². The van der Waals surface area contributed by atoms with E-state index in [2.05, 4.69) is 22.6 Å². The number of likely N-dealkylation sites (tertiary alicyclic amines) is 1. The second kappa shape index (κ2) is 9.55. The van der Waals surface area contributed by atoms with Crippen LogP contribution >= 0.6 is 0 Å². The Kier molecular flexibility index (Phi) is 6.32. The van der Waals surface area contributed by atoms with Gasteiger partial charge in [-0.2, -0.15) is 0 Å². The van der Waals surface area contributed by atoms with Crippen LogP contribution in [0.2, 0.25) is 0 Å². The van der Waals surface area contributed by atoms with Gasteiger partial charge in [0.25, 0.3) is 0 Å². The summed E-state index contributed by atoms with van der Waals surface area (Å²) in [5, 5.41) is 16.8. The van der Waals surface area contributed by atoms with Crippen molar-refractivity contribution in [3.63, 3.8) is 0 Å². The van der Waals surface area contributed by atoms with Gasteiger partial charge in [-0.05, 0) is 56.5 Å². The molecule has 1 amide bonds. The van der Waals surface area contributed by atoms with Crippen LogP contribution in [0.3, 0.4) is 0 Å². The summed E-state index contributed by atoms with van der Waals surface area (Å²) in [6.07, 6.45) is 3.00. The zero-order chi connectivity index (χ0) is 26.5. The molecule has 2 aliphatic heterocycles. The van der Waals surface area contributed by atoms with Crippen LogP contribution in [-0.2, 0) is 37.5 Å². The maximum Gasteiger partial charge on any atom is 0.325 e.